The highest BCUT2D eigenvalue weighted by atomic mass is 19.1. The maximum Gasteiger partial charge on any atom is 0.256 e. The fraction of sp³-hybridized carbons (Fsp3) is 0.357. The van der Waals surface area contributed by atoms with E-state index in [1.165, 1.54) is 11.6 Å². The molecule has 0 N–H and O–H groups in total. The largest absolute Gasteiger partial charge is 0.352 e. The smallest absolute Gasteiger partial charge is 0.256 e. The number of hydrogen-bond acceptors (Lipinski definition) is 5. The van der Waals surface area contributed by atoms with Crippen LogP contribution in [-0.4, -0.2) is 56.7 Å². The summed E-state index contributed by atoms with van der Waals surface area (Å²) in [4.78, 5) is 26.8. The van der Waals surface area contributed by atoms with Gasteiger partial charge in [0.1, 0.15) is 17.5 Å². The zero-order chi connectivity index (χ0) is 25.4. The molecule has 1 aliphatic rings. The van der Waals surface area contributed by atoms with E-state index in [2.05, 4.69) is 49.9 Å². The lowest BCUT2D eigenvalue weighted by molar-refractivity contribution is 0.0742. The van der Waals surface area contributed by atoms with E-state index in [1.807, 2.05) is 11.6 Å². The predicted molar refractivity (Wildman–Crippen MR) is 139 cm³/mol. The Morgan fingerprint density at radius 3 is 2.36 bits per heavy atom. The fourth-order valence-electron chi connectivity index (χ4n) is 4.60. The number of carbonyl (C=O) groups is 1. The summed E-state index contributed by atoms with van der Waals surface area (Å²) in [7, 11) is 0. The van der Waals surface area contributed by atoms with Crippen molar-refractivity contribution in [2.45, 2.75) is 40.0 Å². The summed E-state index contributed by atoms with van der Waals surface area (Å²) < 4.78 is 16.1. The second kappa shape index (κ2) is 9.68. The van der Waals surface area contributed by atoms with Crippen LogP contribution in [-0.2, 0) is 0 Å². The second-order valence-corrected chi connectivity index (χ2v) is 9.51. The van der Waals surface area contributed by atoms with Crippen molar-refractivity contribution in [2.75, 3.05) is 31.1 Å². The highest BCUT2D eigenvalue weighted by molar-refractivity contribution is 5.95. The van der Waals surface area contributed by atoms with Crippen molar-refractivity contribution >= 4 is 22.8 Å². The van der Waals surface area contributed by atoms with Gasteiger partial charge in [-0.15, -0.1) is 0 Å². The minimum Gasteiger partial charge on any atom is -0.352 e. The van der Waals surface area contributed by atoms with Crippen LogP contribution >= 0.6 is 0 Å². The third-order valence-corrected chi connectivity index (χ3v) is 7.00. The standard InChI is InChI=1S/C28H31FN6O/c1-5-19(3)25-30-26(24-20(4)32-35(27(24)31-25)21-12-10-18(2)11-13-21)33-14-16-34(17-15-33)28(36)22-8-6-7-9-23(22)29/h6-13,19H,5,14-17H2,1-4H3/t19-/m1/s1. The maximum absolute atomic E-state index is 14.2. The molecule has 1 amide bonds. The molecule has 0 bridgehead atoms. The zero-order valence-electron chi connectivity index (χ0n) is 21.2. The molecule has 0 unspecified atom stereocenters. The molecule has 3 heterocycles. The first kappa shape index (κ1) is 23.9. The van der Waals surface area contributed by atoms with Gasteiger partial charge in [-0.05, 0) is 44.5 Å². The molecule has 1 atom stereocenters. The van der Waals surface area contributed by atoms with Crippen molar-refractivity contribution < 1.29 is 9.18 Å². The number of nitrogens with zero attached hydrogens (tertiary/aromatic N) is 6. The Bertz CT molecular complexity index is 1410. The highest BCUT2D eigenvalue weighted by Crippen LogP contribution is 2.32. The highest BCUT2D eigenvalue weighted by Gasteiger charge is 2.28. The molecule has 1 aliphatic heterocycles. The molecule has 4 aromatic rings. The summed E-state index contributed by atoms with van der Waals surface area (Å²) in [6, 6.07) is 14.4. The number of anilines is 1. The molecule has 5 rings (SSSR count). The van der Waals surface area contributed by atoms with Crippen LogP contribution in [0.5, 0.6) is 0 Å². The normalized spacial score (nSPS) is 14.9. The van der Waals surface area contributed by atoms with Gasteiger partial charge < -0.3 is 9.80 Å². The van der Waals surface area contributed by atoms with Crippen molar-refractivity contribution in [2.24, 2.45) is 0 Å². The van der Waals surface area contributed by atoms with E-state index in [-0.39, 0.29) is 17.4 Å². The SMILES string of the molecule is CC[C@@H](C)c1nc(N2CCN(C(=O)c3ccccc3F)CC2)c2c(C)nn(-c3ccc(C)cc3)c2n1. The summed E-state index contributed by atoms with van der Waals surface area (Å²) in [5.74, 6) is 1.07. The van der Waals surface area contributed by atoms with Gasteiger partial charge in [0, 0.05) is 32.1 Å². The number of amides is 1. The molecule has 0 saturated carbocycles. The van der Waals surface area contributed by atoms with Crippen LogP contribution in [0.3, 0.4) is 0 Å². The quantitative estimate of drug-likeness (QED) is 0.395. The maximum atomic E-state index is 14.2. The van der Waals surface area contributed by atoms with Crippen molar-refractivity contribution in [1.82, 2.24) is 24.6 Å². The minimum absolute atomic E-state index is 0.115. The van der Waals surface area contributed by atoms with Gasteiger partial charge in [-0.25, -0.2) is 19.0 Å². The van der Waals surface area contributed by atoms with Gasteiger partial charge >= 0.3 is 0 Å². The third-order valence-electron chi connectivity index (χ3n) is 7.00. The summed E-state index contributed by atoms with van der Waals surface area (Å²) in [5.41, 5.74) is 3.91. The van der Waals surface area contributed by atoms with Crippen molar-refractivity contribution in [1.29, 1.82) is 0 Å². The molecule has 1 saturated heterocycles. The molecule has 1 fully saturated rings. The average molecular weight is 487 g/mol. The van der Waals surface area contributed by atoms with E-state index in [0.717, 1.165) is 40.5 Å². The van der Waals surface area contributed by atoms with Gasteiger partial charge in [0.15, 0.2) is 5.65 Å². The van der Waals surface area contributed by atoms with E-state index in [4.69, 9.17) is 15.1 Å². The van der Waals surface area contributed by atoms with E-state index in [1.54, 1.807) is 23.1 Å². The third kappa shape index (κ3) is 4.32. The summed E-state index contributed by atoms with van der Waals surface area (Å²) in [6.45, 7) is 10.5. The number of fused-ring (bicyclic) bond motifs is 1. The Morgan fingerprint density at radius 2 is 1.69 bits per heavy atom. The lowest BCUT2D eigenvalue weighted by atomic mass is 10.1. The molecule has 8 heteroatoms. The molecule has 2 aromatic carbocycles. The number of rotatable bonds is 5. The monoisotopic (exact) mass is 486 g/mol. The van der Waals surface area contributed by atoms with Gasteiger partial charge in [0.05, 0.1) is 22.3 Å². The fourth-order valence-corrected chi connectivity index (χ4v) is 4.60. The van der Waals surface area contributed by atoms with Gasteiger partial charge in [0.2, 0.25) is 0 Å². The number of piperazine rings is 1. The molecule has 186 valence electrons. The Morgan fingerprint density at radius 1 is 1.00 bits per heavy atom. The molecular formula is C28H31FN6O. The van der Waals surface area contributed by atoms with Crippen LogP contribution < -0.4 is 4.90 Å². The molecular weight excluding hydrogens is 455 g/mol. The number of hydrogen-bond donors (Lipinski definition) is 0. The summed E-state index contributed by atoms with van der Waals surface area (Å²) in [5, 5.41) is 5.77. The van der Waals surface area contributed by atoms with Crippen molar-refractivity contribution in [3.63, 3.8) is 0 Å². The summed E-state index contributed by atoms with van der Waals surface area (Å²) >= 11 is 0. The Balaban J connectivity index is 1.50. The van der Waals surface area contributed by atoms with Crippen LogP contribution in [0.4, 0.5) is 10.2 Å². The number of aryl methyl sites for hydroxylation is 2. The Labute approximate surface area is 210 Å². The van der Waals surface area contributed by atoms with Crippen molar-refractivity contribution in [3.8, 4) is 5.69 Å². The molecule has 2 aromatic heterocycles. The first-order valence-electron chi connectivity index (χ1n) is 12.5. The average Bonchev–Trinajstić information content (AvgIpc) is 3.24. The number of benzene rings is 2. The van der Waals surface area contributed by atoms with E-state index < -0.39 is 5.82 Å². The van der Waals surface area contributed by atoms with E-state index in [9.17, 15) is 9.18 Å². The predicted octanol–water partition coefficient (Wildman–Crippen LogP) is 5.05. The molecule has 36 heavy (non-hydrogen) atoms. The van der Waals surface area contributed by atoms with Gasteiger partial charge in [-0.2, -0.15) is 5.10 Å². The minimum atomic E-state index is -0.486. The van der Waals surface area contributed by atoms with Gasteiger partial charge in [-0.1, -0.05) is 43.7 Å². The zero-order valence-corrected chi connectivity index (χ0v) is 21.2. The molecule has 0 spiro atoms. The van der Waals surface area contributed by atoms with Gasteiger partial charge in [0.25, 0.3) is 5.91 Å². The lowest BCUT2D eigenvalue weighted by Gasteiger charge is -2.36. The van der Waals surface area contributed by atoms with Gasteiger partial charge in [-0.3, -0.25) is 4.79 Å². The number of halogens is 1. The second-order valence-electron chi connectivity index (χ2n) is 9.51. The lowest BCUT2D eigenvalue weighted by Crippen LogP contribution is -2.49. The Hall–Kier alpha value is -3.81. The van der Waals surface area contributed by atoms with Crippen molar-refractivity contribution in [3.05, 3.63) is 77.0 Å². The first-order chi connectivity index (χ1) is 17.4. The van der Waals surface area contributed by atoms with Crippen LogP contribution in [0.2, 0.25) is 0 Å². The molecule has 0 radical (unpaired) electrons. The van der Waals surface area contributed by atoms with E-state index in [0.29, 0.717) is 26.2 Å². The number of carbonyl (C=O) groups excluding carboxylic acids is 1. The first-order valence-corrected chi connectivity index (χ1v) is 12.5. The van der Waals surface area contributed by atoms with Crippen LogP contribution in [0.25, 0.3) is 16.7 Å². The van der Waals surface area contributed by atoms with Crippen LogP contribution in [0, 0.1) is 19.7 Å². The van der Waals surface area contributed by atoms with Crippen LogP contribution in [0.1, 0.15) is 53.6 Å². The van der Waals surface area contributed by atoms with E-state index >= 15 is 0 Å². The number of aromatic nitrogens is 4. The summed E-state index contributed by atoms with van der Waals surface area (Å²) in [6.07, 6.45) is 0.924. The topological polar surface area (TPSA) is 67.2 Å². The molecule has 0 aliphatic carbocycles. The van der Waals surface area contributed by atoms with Crippen LogP contribution in [0.15, 0.2) is 48.5 Å². The molecule has 7 nitrogen and oxygen atoms in total. The Kier molecular flexibility index (Phi) is 6.43.